The van der Waals surface area contributed by atoms with E-state index in [4.69, 9.17) is 0 Å². The SMILES string of the molecule is CCN(/C=C\N(S)C(C)(C)CC)C(C)(C)CC. The second-order valence-electron chi connectivity index (χ2n) is 5.76. The van der Waals surface area contributed by atoms with Crippen molar-refractivity contribution in [2.75, 3.05) is 6.54 Å². The maximum absolute atomic E-state index is 4.55. The lowest BCUT2D eigenvalue weighted by Gasteiger charge is -2.38. The molecule has 0 unspecified atom stereocenters. The zero-order chi connectivity index (χ0) is 13.7. The van der Waals surface area contributed by atoms with Crippen LogP contribution in [-0.4, -0.2) is 26.8 Å². The van der Waals surface area contributed by atoms with Crippen LogP contribution in [0.5, 0.6) is 0 Å². The van der Waals surface area contributed by atoms with Crippen molar-refractivity contribution in [1.82, 2.24) is 9.21 Å². The fourth-order valence-corrected chi connectivity index (χ4v) is 1.65. The van der Waals surface area contributed by atoms with Gasteiger partial charge < -0.3 is 9.21 Å². The molecule has 0 fully saturated rings. The number of thiol groups is 1. The lowest BCUT2D eigenvalue weighted by Crippen LogP contribution is -2.40. The zero-order valence-electron chi connectivity index (χ0n) is 12.6. The van der Waals surface area contributed by atoms with Gasteiger partial charge in [-0.3, -0.25) is 0 Å². The highest BCUT2D eigenvalue weighted by atomic mass is 32.1. The quantitative estimate of drug-likeness (QED) is 0.680. The van der Waals surface area contributed by atoms with Crippen LogP contribution < -0.4 is 0 Å². The van der Waals surface area contributed by atoms with E-state index in [0.29, 0.717) is 0 Å². The van der Waals surface area contributed by atoms with E-state index >= 15 is 0 Å². The average molecular weight is 258 g/mol. The predicted molar refractivity (Wildman–Crippen MR) is 81.1 cm³/mol. The van der Waals surface area contributed by atoms with Crippen molar-refractivity contribution in [2.24, 2.45) is 0 Å². The molecule has 0 aliphatic heterocycles. The Morgan fingerprint density at radius 3 is 1.71 bits per heavy atom. The molecule has 0 aliphatic rings. The summed E-state index contributed by atoms with van der Waals surface area (Å²) in [5.41, 5.74) is 0.297. The number of hydrogen-bond donors (Lipinski definition) is 1. The molecule has 2 nitrogen and oxygen atoms in total. The van der Waals surface area contributed by atoms with Gasteiger partial charge in [-0.2, -0.15) is 0 Å². The molecule has 0 atom stereocenters. The molecule has 102 valence electrons. The van der Waals surface area contributed by atoms with Crippen molar-refractivity contribution >= 4 is 12.8 Å². The van der Waals surface area contributed by atoms with Gasteiger partial charge >= 0.3 is 0 Å². The normalized spacial score (nSPS) is 13.2. The Morgan fingerprint density at radius 1 is 0.882 bits per heavy atom. The smallest absolute Gasteiger partial charge is 0.0448 e. The Kier molecular flexibility index (Phi) is 6.46. The number of nitrogens with zero attached hydrogens (tertiary/aromatic N) is 2. The Balaban J connectivity index is 4.69. The van der Waals surface area contributed by atoms with E-state index < -0.39 is 0 Å². The van der Waals surface area contributed by atoms with Crippen molar-refractivity contribution in [1.29, 1.82) is 0 Å². The molecule has 0 aromatic rings. The topological polar surface area (TPSA) is 6.48 Å². The third kappa shape index (κ3) is 4.82. The van der Waals surface area contributed by atoms with E-state index in [1.54, 1.807) is 0 Å². The van der Waals surface area contributed by atoms with Crippen molar-refractivity contribution in [3.8, 4) is 0 Å². The largest absolute Gasteiger partial charge is 0.371 e. The minimum atomic E-state index is 0.0926. The van der Waals surface area contributed by atoms with Gasteiger partial charge in [0.2, 0.25) is 0 Å². The Labute approximate surface area is 114 Å². The fraction of sp³-hybridized carbons (Fsp3) is 0.857. The minimum Gasteiger partial charge on any atom is -0.371 e. The van der Waals surface area contributed by atoms with Gasteiger partial charge in [-0.1, -0.05) is 26.7 Å². The van der Waals surface area contributed by atoms with Gasteiger partial charge in [0.15, 0.2) is 0 Å². The van der Waals surface area contributed by atoms with E-state index in [-0.39, 0.29) is 11.1 Å². The van der Waals surface area contributed by atoms with Gasteiger partial charge in [-0.25, -0.2) is 0 Å². The number of hydrogen-bond acceptors (Lipinski definition) is 3. The molecule has 0 rings (SSSR count). The van der Waals surface area contributed by atoms with Crippen molar-refractivity contribution in [2.45, 2.75) is 72.4 Å². The molecule has 0 saturated heterocycles. The second-order valence-corrected chi connectivity index (χ2v) is 6.19. The summed E-state index contributed by atoms with van der Waals surface area (Å²) >= 11 is 4.55. The lowest BCUT2D eigenvalue weighted by molar-refractivity contribution is 0.183. The monoisotopic (exact) mass is 258 g/mol. The molecule has 0 saturated carbocycles. The maximum atomic E-state index is 4.55. The third-order valence-electron chi connectivity index (χ3n) is 3.86. The van der Waals surface area contributed by atoms with Gasteiger partial charge in [-0.05, 0) is 47.5 Å². The summed E-state index contributed by atoms with van der Waals surface area (Å²) in [6, 6.07) is 0. The Morgan fingerprint density at radius 2 is 1.35 bits per heavy atom. The average Bonchev–Trinajstić information content (AvgIpc) is 2.29. The first-order valence-corrected chi connectivity index (χ1v) is 7.04. The maximum Gasteiger partial charge on any atom is 0.0448 e. The van der Waals surface area contributed by atoms with E-state index in [1.807, 2.05) is 4.31 Å². The van der Waals surface area contributed by atoms with Gasteiger partial charge in [0.25, 0.3) is 0 Å². The molecule has 3 heteroatoms. The van der Waals surface area contributed by atoms with Crippen LogP contribution in [0.25, 0.3) is 0 Å². The first kappa shape index (κ1) is 16.7. The van der Waals surface area contributed by atoms with Crippen LogP contribution in [0.2, 0.25) is 0 Å². The van der Waals surface area contributed by atoms with Crippen molar-refractivity contribution < 1.29 is 0 Å². The predicted octanol–water partition coefficient (Wildman–Crippen LogP) is 4.30. The summed E-state index contributed by atoms with van der Waals surface area (Å²) < 4.78 is 2.00. The molecule has 0 N–H and O–H groups in total. The molecular weight excluding hydrogens is 228 g/mol. The van der Waals surface area contributed by atoms with E-state index in [0.717, 1.165) is 19.4 Å². The first-order chi connectivity index (χ1) is 7.71. The Bertz CT molecular complexity index is 247. The van der Waals surface area contributed by atoms with Gasteiger partial charge in [0.1, 0.15) is 0 Å². The molecule has 0 spiro atoms. The van der Waals surface area contributed by atoms with Crippen molar-refractivity contribution in [3.05, 3.63) is 12.4 Å². The van der Waals surface area contributed by atoms with E-state index in [1.165, 1.54) is 0 Å². The molecule has 0 aromatic carbocycles. The van der Waals surface area contributed by atoms with E-state index in [9.17, 15) is 0 Å². The third-order valence-corrected chi connectivity index (χ3v) is 4.53. The summed E-state index contributed by atoms with van der Waals surface area (Å²) in [6.07, 6.45) is 6.44. The van der Waals surface area contributed by atoms with Gasteiger partial charge in [0, 0.05) is 30.0 Å². The summed E-state index contributed by atoms with van der Waals surface area (Å²) in [4.78, 5) is 2.36. The molecule has 0 heterocycles. The lowest BCUT2D eigenvalue weighted by atomic mass is 10.00. The van der Waals surface area contributed by atoms with Crippen LogP contribution in [0.4, 0.5) is 0 Å². The highest BCUT2D eigenvalue weighted by molar-refractivity contribution is 7.77. The fourth-order valence-electron chi connectivity index (χ4n) is 1.45. The number of rotatable bonds is 7. The summed E-state index contributed by atoms with van der Waals surface area (Å²) in [5.74, 6) is 0. The van der Waals surface area contributed by atoms with Crippen LogP contribution in [0.1, 0.15) is 61.3 Å². The van der Waals surface area contributed by atoms with Gasteiger partial charge in [-0.15, -0.1) is 0 Å². The molecule has 0 amide bonds. The van der Waals surface area contributed by atoms with Crippen LogP contribution in [0.15, 0.2) is 12.4 Å². The van der Waals surface area contributed by atoms with Crippen LogP contribution in [0.3, 0.4) is 0 Å². The molecule has 17 heavy (non-hydrogen) atoms. The highest BCUT2D eigenvalue weighted by Gasteiger charge is 2.22. The second kappa shape index (κ2) is 6.58. The molecule has 0 aliphatic carbocycles. The summed E-state index contributed by atoms with van der Waals surface area (Å²) in [6.45, 7) is 16.6. The van der Waals surface area contributed by atoms with Crippen LogP contribution >= 0.6 is 12.8 Å². The standard InChI is InChI=1S/C14H30N2S/c1-8-13(4,5)15(10-3)11-12-16(17)14(6,7)9-2/h11-12,17H,8-10H2,1-7H3/b12-11-. The first-order valence-electron chi connectivity index (χ1n) is 6.64. The minimum absolute atomic E-state index is 0.0926. The molecule has 0 bridgehead atoms. The zero-order valence-corrected chi connectivity index (χ0v) is 13.5. The van der Waals surface area contributed by atoms with Gasteiger partial charge in [0.05, 0.1) is 0 Å². The summed E-state index contributed by atoms with van der Waals surface area (Å²) in [7, 11) is 0. The molecule has 0 radical (unpaired) electrons. The molecule has 0 aromatic heterocycles. The molecular formula is C14H30N2S. The summed E-state index contributed by atoms with van der Waals surface area (Å²) in [5, 5.41) is 0. The Hall–Kier alpha value is -0.310. The van der Waals surface area contributed by atoms with Crippen LogP contribution in [-0.2, 0) is 0 Å². The highest BCUT2D eigenvalue weighted by Crippen LogP contribution is 2.23. The van der Waals surface area contributed by atoms with Crippen molar-refractivity contribution in [3.63, 3.8) is 0 Å². The van der Waals surface area contributed by atoms with Crippen LogP contribution in [0, 0.1) is 0 Å². The van der Waals surface area contributed by atoms with E-state index in [2.05, 4.69) is 78.6 Å².